The quantitative estimate of drug-likeness (QED) is 0.222. The summed E-state index contributed by atoms with van der Waals surface area (Å²) in [4.78, 5) is 14.4. The maximum Gasteiger partial charge on any atom is 0.334 e. The largest absolute Gasteiger partial charge is 0.495 e. The highest BCUT2D eigenvalue weighted by Gasteiger charge is 2.43. The first kappa shape index (κ1) is 23.0. The molecule has 152 valence electrons. The Balaban J connectivity index is 2.37. The Labute approximate surface area is 161 Å². The van der Waals surface area contributed by atoms with Crippen molar-refractivity contribution >= 4 is 5.97 Å². The van der Waals surface area contributed by atoms with Gasteiger partial charge in [0, 0.05) is 23.9 Å². The van der Waals surface area contributed by atoms with Crippen molar-refractivity contribution < 1.29 is 14.3 Å². The van der Waals surface area contributed by atoms with Crippen LogP contribution in [-0.2, 0) is 14.3 Å². The van der Waals surface area contributed by atoms with Crippen LogP contribution in [0.25, 0.3) is 0 Å². The summed E-state index contributed by atoms with van der Waals surface area (Å²) in [6, 6.07) is 0. The number of likely N-dealkylation sites (tertiary alicyclic amines) is 1. The zero-order valence-electron chi connectivity index (χ0n) is 18.2. The molecular weight excluding hydrogens is 326 g/mol. The van der Waals surface area contributed by atoms with Gasteiger partial charge >= 0.3 is 5.97 Å². The Kier molecular flexibility index (Phi) is 9.15. The number of hydrogen-bond donors (Lipinski definition) is 0. The second-order valence-electron chi connectivity index (χ2n) is 9.02. The van der Waals surface area contributed by atoms with Gasteiger partial charge in [0.25, 0.3) is 0 Å². The molecule has 0 unspecified atom stereocenters. The van der Waals surface area contributed by atoms with Crippen molar-refractivity contribution in [2.75, 3.05) is 13.7 Å². The number of carbonyl (C=O) groups is 1. The third kappa shape index (κ3) is 7.69. The van der Waals surface area contributed by atoms with Crippen molar-refractivity contribution in [1.82, 2.24) is 4.90 Å². The van der Waals surface area contributed by atoms with Gasteiger partial charge in [-0.1, -0.05) is 39.0 Å². The van der Waals surface area contributed by atoms with E-state index in [1.165, 1.54) is 31.8 Å². The molecule has 1 saturated heterocycles. The molecule has 4 nitrogen and oxygen atoms in total. The van der Waals surface area contributed by atoms with Gasteiger partial charge in [0.15, 0.2) is 0 Å². The number of allylic oxidation sites excluding steroid dienone is 1. The minimum absolute atomic E-state index is 0.0744. The summed E-state index contributed by atoms with van der Waals surface area (Å²) < 4.78 is 11.4. The van der Waals surface area contributed by atoms with Gasteiger partial charge in [-0.2, -0.15) is 0 Å². The number of piperidine rings is 1. The van der Waals surface area contributed by atoms with Gasteiger partial charge in [-0.3, -0.25) is 4.90 Å². The molecule has 0 spiro atoms. The maximum atomic E-state index is 12.0. The van der Waals surface area contributed by atoms with Gasteiger partial charge in [0.05, 0.1) is 12.7 Å². The molecule has 26 heavy (non-hydrogen) atoms. The molecule has 1 rings (SSSR count). The Morgan fingerprint density at radius 2 is 1.58 bits per heavy atom. The van der Waals surface area contributed by atoms with Gasteiger partial charge < -0.3 is 9.47 Å². The van der Waals surface area contributed by atoms with E-state index < -0.39 is 0 Å². The highest BCUT2D eigenvalue weighted by Crippen LogP contribution is 2.38. The van der Waals surface area contributed by atoms with Crippen LogP contribution in [0.3, 0.4) is 0 Å². The van der Waals surface area contributed by atoms with E-state index in [2.05, 4.69) is 46.6 Å². The van der Waals surface area contributed by atoms with Gasteiger partial charge in [-0.15, -0.1) is 0 Å². The molecular formula is C22H41NO3. The summed E-state index contributed by atoms with van der Waals surface area (Å²) in [5.74, 6) is 0.363. The van der Waals surface area contributed by atoms with Crippen molar-refractivity contribution in [2.24, 2.45) is 0 Å². The molecule has 0 aromatic rings. The zero-order valence-corrected chi connectivity index (χ0v) is 18.2. The first-order valence-corrected chi connectivity index (χ1v) is 10.3. The fourth-order valence-electron chi connectivity index (χ4n) is 3.92. The van der Waals surface area contributed by atoms with Crippen LogP contribution in [0.2, 0.25) is 0 Å². The average molecular weight is 368 g/mol. The molecule has 4 heteroatoms. The number of unbranched alkanes of at least 4 members (excludes halogenated alkanes) is 5. The van der Waals surface area contributed by atoms with E-state index in [9.17, 15) is 4.79 Å². The summed E-state index contributed by atoms with van der Waals surface area (Å²) in [6.45, 7) is 13.6. The van der Waals surface area contributed by atoms with E-state index in [4.69, 9.17) is 9.47 Å². The van der Waals surface area contributed by atoms with Crippen molar-refractivity contribution in [3.05, 3.63) is 11.8 Å². The lowest BCUT2D eigenvalue weighted by molar-refractivity contribution is -0.138. The van der Waals surface area contributed by atoms with E-state index in [0.29, 0.717) is 12.4 Å². The van der Waals surface area contributed by atoms with Crippen molar-refractivity contribution in [2.45, 2.75) is 110 Å². The molecule has 0 amide bonds. The standard InChI is InChI=1S/C22H41NO3/c1-8-9-10-11-12-13-14-25-20(24)15-18(2)26-19-16-21(3,4)23(7)22(5,6)17-19/h15,19H,8-14,16-17H2,1-7H3/b18-15-. The minimum Gasteiger partial charge on any atom is -0.495 e. The number of esters is 1. The zero-order chi connectivity index (χ0) is 19.8. The van der Waals surface area contributed by atoms with Crippen LogP contribution in [0.1, 0.15) is 92.9 Å². The molecule has 0 saturated carbocycles. The predicted octanol–water partition coefficient (Wildman–Crippen LogP) is 5.46. The highest BCUT2D eigenvalue weighted by atomic mass is 16.5. The van der Waals surface area contributed by atoms with Gasteiger partial charge in [-0.25, -0.2) is 4.79 Å². The lowest BCUT2D eigenvalue weighted by Gasteiger charge is -2.53. The Bertz CT molecular complexity index is 450. The van der Waals surface area contributed by atoms with E-state index >= 15 is 0 Å². The van der Waals surface area contributed by atoms with Crippen LogP contribution in [0.15, 0.2) is 11.8 Å². The van der Waals surface area contributed by atoms with E-state index in [1.54, 1.807) is 0 Å². The monoisotopic (exact) mass is 367 g/mol. The molecule has 1 fully saturated rings. The average Bonchev–Trinajstić information content (AvgIpc) is 2.51. The van der Waals surface area contributed by atoms with E-state index in [-0.39, 0.29) is 23.2 Å². The molecule has 0 aliphatic carbocycles. The second-order valence-corrected chi connectivity index (χ2v) is 9.02. The molecule has 0 aromatic carbocycles. The Morgan fingerprint density at radius 3 is 2.15 bits per heavy atom. The first-order chi connectivity index (χ1) is 12.1. The molecule has 0 radical (unpaired) electrons. The molecule has 0 atom stereocenters. The van der Waals surface area contributed by atoms with Crippen LogP contribution >= 0.6 is 0 Å². The minimum atomic E-state index is -0.289. The van der Waals surface area contributed by atoms with Crippen molar-refractivity contribution in [3.63, 3.8) is 0 Å². The number of carbonyl (C=O) groups excluding carboxylic acids is 1. The predicted molar refractivity (Wildman–Crippen MR) is 108 cm³/mol. The fraction of sp³-hybridized carbons (Fsp3) is 0.864. The van der Waals surface area contributed by atoms with Crippen molar-refractivity contribution in [3.8, 4) is 0 Å². The lowest BCUT2D eigenvalue weighted by atomic mass is 9.79. The summed E-state index contributed by atoms with van der Waals surface area (Å²) in [5.41, 5.74) is 0.149. The van der Waals surface area contributed by atoms with Crippen LogP contribution in [0, 0.1) is 0 Å². The highest BCUT2D eigenvalue weighted by molar-refractivity contribution is 5.82. The molecule has 1 aliphatic rings. The van der Waals surface area contributed by atoms with Gasteiger partial charge in [-0.05, 0) is 48.1 Å². The fourth-order valence-corrected chi connectivity index (χ4v) is 3.92. The van der Waals surface area contributed by atoms with Gasteiger partial charge in [0.1, 0.15) is 11.9 Å². The summed E-state index contributed by atoms with van der Waals surface area (Å²) in [5, 5.41) is 0. The van der Waals surface area contributed by atoms with Gasteiger partial charge in [0.2, 0.25) is 0 Å². The van der Waals surface area contributed by atoms with E-state index in [0.717, 1.165) is 25.7 Å². The molecule has 0 bridgehead atoms. The summed E-state index contributed by atoms with van der Waals surface area (Å²) >= 11 is 0. The summed E-state index contributed by atoms with van der Waals surface area (Å²) in [6.07, 6.45) is 10.6. The lowest BCUT2D eigenvalue weighted by Crippen LogP contribution is -2.60. The number of nitrogens with zero attached hydrogens (tertiary/aromatic N) is 1. The van der Waals surface area contributed by atoms with Crippen LogP contribution in [0.4, 0.5) is 0 Å². The van der Waals surface area contributed by atoms with Crippen LogP contribution in [-0.4, -0.2) is 41.7 Å². The normalized spacial score (nSPS) is 20.8. The molecule has 1 heterocycles. The number of rotatable bonds is 10. The topological polar surface area (TPSA) is 38.8 Å². The third-order valence-corrected chi connectivity index (χ3v) is 5.69. The van der Waals surface area contributed by atoms with Crippen molar-refractivity contribution in [1.29, 1.82) is 0 Å². The third-order valence-electron chi connectivity index (χ3n) is 5.69. The Morgan fingerprint density at radius 1 is 1.04 bits per heavy atom. The molecule has 0 aromatic heterocycles. The summed E-state index contributed by atoms with van der Waals surface area (Å²) in [7, 11) is 2.18. The second kappa shape index (κ2) is 10.3. The first-order valence-electron chi connectivity index (χ1n) is 10.3. The SMILES string of the molecule is CCCCCCCCOC(=O)/C=C(/C)OC1CC(C)(C)N(C)C(C)(C)C1. The number of ether oxygens (including phenoxy) is 2. The van der Waals surface area contributed by atoms with Crippen LogP contribution in [0.5, 0.6) is 0 Å². The molecule has 1 aliphatic heterocycles. The maximum absolute atomic E-state index is 12.0. The van der Waals surface area contributed by atoms with E-state index in [1.807, 2.05) is 6.92 Å². The molecule has 0 N–H and O–H groups in total. The smallest absolute Gasteiger partial charge is 0.334 e. The number of hydrogen-bond acceptors (Lipinski definition) is 4. The Hall–Kier alpha value is -1.03. The van der Waals surface area contributed by atoms with Crippen LogP contribution < -0.4 is 0 Å².